The molecule has 3 N–H and O–H groups in total. The van der Waals surface area contributed by atoms with Crippen molar-refractivity contribution >= 4 is 49.7 Å². The van der Waals surface area contributed by atoms with Crippen molar-refractivity contribution in [2.24, 2.45) is 5.18 Å². The van der Waals surface area contributed by atoms with Gasteiger partial charge in [0, 0.05) is 27.4 Å². The molecule has 0 bridgehead atoms. The first-order valence-electron chi connectivity index (χ1n) is 10.00. The van der Waals surface area contributed by atoms with Gasteiger partial charge in [-0.25, -0.2) is 0 Å². The summed E-state index contributed by atoms with van der Waals surface area (Å²) in [4.78, 5) is 24.6. The van der Waals surface area contributed by atoms with Gasteiger partial charge in [-0.05, 0) is 35.0 Å². The molecule has 32 heavy (non-hydrogen) atoms. The summed E-state index contributed by atoms with van der Waals surface area (Å²) in [6, 6.07) is 24.6. The van der Waals surface area contributed by atoms with E-state index in [1.54, 1.807) is 36.4 Å². The van der Waals surface area contributed by atoms with E-state index in [0.29, 0.717) is 22.9 Å². The minimum atomic E-state index is -0.719. The van der Waals surface area contributed by atoms with Crippen LogP contribution in [0.1, 0.15) is 5.56 Å². The monoisotopic (exact) mass is 489 g/mol. The molecule has 0 heterocycles. The van der Waals surface area contributed by atoms with Gasteiger partial charge in [-0.1, -0.05) is 76.6 Å². The molecule has 0 fully saturated rings. The van der Waals surface area contributed by atoms with Crippen molar-refractivity contribution in [3.63, 3.8) is 0 Å². The smallest absolute Gasteiger partial charge is 0.247 e. The highest BCUT2D eigenvalue weighted by Gasteiger charge is 2.22. The number of rotatable bonds is 7. The minimum absolute atomic E-state index is 0.0404. The number of hydrogen-bond acceptors (Lipinski definition) is 5. The Morgan fingerprint density at radius 2 is 1.66 bits per heavy atom. The van der Waals surface area contributed by atoms with Crippen LogP contribution in [0, 0.1) is 4.91 Å². The molecule has 0 aliphatic carbocycles. The second-order valence-corrected chi connectivity index (χ2v) is 8.23. The largest absolute Gasteiger partial charge is 0.505 e. The van der Waals surface area contributed by atoms with Crippen LogP contribution >= 0.6 is 15.9 Å². The number of nitrogens with one attached hydrogen (secondary N) is 2. The summed E-state index contributed by atoms with van der Waals surface area (Å²) in [5, 5.41) is 21.0. The normalized spacial score (nSPS) is 11.7. The molecule has 160 valence electrons. The Morgan fingerprint density at radius 1 is 0.938 bits per heavy atom. The Labute approximate surface area is 193 Å². The zero-order valence-corrected chi connectivity index (χ0v) is 18.5. The Morgan fingerprint density at radius 3 is 2.38 bits per heavy atom. The number of halogens is 1. The third-order valence-corrected chi connectivity index (χ3v) is 5.61. The van der Waals surface area contributed by atoms with E-state index in [1.807, 2.05) is 42.5 Å². The number of carbonyl (C=O) groups is 1. The van der Waals surface area contributed by atoms with E-state index in [9.17, 15) is 14.8 Å². The molecule has 0 spiro atoms. The summed E-state index contributed by atoms with van der Waals surface area (Å²) in [5.41, 5.74) is 2.04. The Balaban J connectivity index is 1.69. The maximum Gasteiger partial charge on any atom is 0.247 e. The fraction of sp³-hybridized carbons (Fsp3) is 0.0800. The van der Waals surface area contributed by atoms with Crippen molar-refractivity contribution in [2.45, 2.75) is 12.5 Å². The molecule has 7 heteroatoms. The summed E-state index contributed by atoms with van der Waals surface area (Å²) in [6.45, 7) is 0. The summed E-state index contributed by atoms with van der Waals surface area (Å²) >= 11 is 3.41. The molecule has 0 unspecified atom stereocenters. The molecule has 0 saturated heterocycles. The lowest BCUT2D eigenvalue weighted by Gasteiger charge is -2.21. The highest BCUT2D eigenvalue weighted by molar-refractivity contribution is 9.10. The Hall–Kier alpha value is -3.71. The van der Waals surface area contributed by atoms with Crippen molar-refractivity contribution in [1.82, 2.24) is 0 Å². The highest BCUT2D eigenvalue weighted by atomic mass is 79.9. The van der Waals surface area contributed by atoms with Crippen molar-refractivity contribution in [3.05, 3.63) is 99.9 Å². The average Bonchev–Trinajstić information content (AvgIpc) is 2.81. The van der Waals surface area contributed by atoms with Crippen LogP contribution in [0.2, 0.25) is 0 Å². The summed E-state index contributed by atoms with van der Waals surface area (Å²) in [5.74, 6) is -0.318. The number of hydrogen-bond donors (Lipinski definition) is 3. The first kappa shape index (κ1) is 21.5. The van der Waals surface area contributed by atoms with Gasteiger partial charge >= 0.3 is 0 Å². The van der Waals surface area contributed by atoms with Crippen LogP contribution in [0.4, 0.5) is 17.1 Å². The standard InChI is InChI=1S/C25H20BrN3O3/c26-17-9-6-10-18(14-17)27-25(31)23(13-16-7-2-1-3-8-16)28-22-15-21(29-32)19-11-4-5-12-20(19)24(22)30/h1-12,14-15,23,28,30H,13H2,(H,27,31)/t23-/m1/s1. The van der Waals surface area contributed by atoms with Crippen molar-refractivity contribution in [3.8, 4) is 5.75 Å². The maximum absolute atomic E-state index is 13.2. The molecule has 0 aliphatic rings. The first-order chi connectivity index (χ1) is 15.5. The molecule has 0 aromatic heterocycles. The lowest BCUT2D eigenvalue weighted by molar-refractivity contribution is -0.116. The molecular formula is C25H20BrN3O3. The molecule has 4 aromatic carbocycles. The number of aromatic hydroxyl groups is 1. The van der Waals surface area contributed by atoms with Gasteiger partial charge in [0.15, 0.2) is 0 Å². The fourth-order valence-corrected chi connectivity index (χ4v) is 3.97. The number of benzene rings is 4. The number of anilines is 2. The lowest BCUT2D eigenvalue weighted by Crippen LogP contribution is -2.36. The van der Waals surface area contributed by atoms with Crippen LogP contribution in [0.15, 0.2) is 94.6 Å². The Kier molecular flexibility index (Phi) is 6.47. The van der Waals surface area contributed by atoms with E-state index in [0.717, 1.165) is 10.0 Å². The molecule has 1 atom stereocenters. The predicted molar refractivity (Wildman–Crippen MR) is 131 cm³/mol. The van der Waals surface area contributed by atoms with Gasteiger partial charge in [-0.2, -0.15) is 0 Å². The van der Waals surface area contributed by atoms with E-state index in [2.05, 4.69) is 31.7 Å². The van der Waals surface area contributed by atoms with E-state index in [1.165, 1.54) is 6.07 Å². The number of phenolic OH excluding ortho intramolecular Hbond substituents is 1. The third-order valence-electron chi connectivity index (χ3n) is 5.11. The second kappa shape index (κ2) is 9.62. The molecule has 0 radical (unpaired) electrons. The first-order valence-corrected chi connectivity index (χ1v) is 10.8. The molecular weight excluding hydrogens is 470 g/mol. The van der Waals surface area contributed by atoms with Gasteiger partial charge in [0.1, 0.15) is 17.5 Å². The fourth-order valence-electron chi connectivity index (χ4n) is 3.57. The highest BCUT2D eigenvalue weighted by Crippen LogP contribution is 2.39. The molecule has 4 rings (SSSR count). The lowest BCUT2D eigenvalue weighted by atomic mass is 10.0. The molecule has 0 aliphatic heterocycles. The van der Waals surface area contributed by atoms with Crippen molar-refractivity contribution in [1.29, 1.82) is 0 Å². The number of phenols is 1. The molecule has 4 aromatic rings. The maximum atomic E-state index is 13.2. The molecule has 6 nitrogen and oxygen atoms in total. The van der Waals surface area contributed by atoms with Crippen LogP contribution < -0.4 is 10.6 Å². The van der Waals surface area contributed by atoms with Gasteiger partial charge in [0.05, 0.1) is 5.69 Å². The summed E-state index contributed by atoms with van der Waals surface area (Å²) in [7, 11) is 0. The minimum Gasteiger partial charge on any atom is -0.505 e. The van der Waals surface area contributed by atoms with Crippen LogP contribution in [0.25, 0.3) is 10.8 Å². The topological polar surface area (TPSA) is 90.8 Å². The van der Waals surface area contributed by atoms with Crippen molar-refractivity contribution < 1.29 is 9.90 Å². The van der Waals surface area contributed by atoms with E-state index >= 15 is 0 Å². The van der Waals surface area contributed by atoms with E-state index in [4.69, 9.17) is 0 Å². The quantitative estimate of drug-likeness (QED) is 0.208. The van der Waals surface area contributed by atoms with Gasteiger partial charge in [0.2, 0.25) is 5.91 Å². The molecule has 0 saturated carbocycles. The van der Waals surface area contributed by atoms with E-state index in [-0.39, 0.29) is 23.0 Å². The van der Waals surface area contributed by atoms with Crippen molar-refractivity contribution in [2.75, 3.05) is 10.6 Å². The SMILES string of the molecule is O=Nc1cc(N[C@H](Cc2ccccc2)C(=O)Nc2cccc(Br)c2)c(O)c2ccccc12. The van der Waals surface area contributed by atoms with Gasteiger partial charge < -0.3 is 15.7 Å². The number of nitrogens with zero attached hydrogens (tertiary/aromatic N) is 1. The van der Waals surface area contributed by atoms with Gasteiger partial charge in [-0.15, -0.1) is 4.91 Å². The summed E-state index contributed by atoms with van der Waals surface area (Å²) < 4.78 is 0.844. The van der Waals surface area contributed by atoms with Gasteiger partial charge in [0.25, 0.3) is 0 Å². The number of carbonyl (C=O) groups excluding carboxylic acids is 1. The van der Waals surface area contributed by atoms with E-state index < -0.39 is 6.04 Å². The van der Waals surface area contributed by atoms with Gasteiger partial charge in [-0.3, -0.25) is 4.79 Å². The number of nitroso groups, excluding NO2 is 1. The zero-order valence-electron chi connectivity index (χ0n) is 17.0. The van der Waals surface area contributed by atoms with Crippen LogP contribution in [-0.4, -0.2) is 17.1 Å². The summed E-state index contributed by atoms with van der Waals surface area (Å²) in [6.07, 6.45) is 0.372. The Bertz CT molecular complexity index is 1280. The number of fused-ring (bicyclic) bond motifs is 1. The average molecular weight is 490 g/mol. The number of amides is 1. The zero-order chi connectivity index (χ0) is 22.5. The predicted octanol–water partition coefficient (Wildman–Crippen LogP) is 6.37. The molecule has 1 amide bonds. The second-order valence-electron chi connectivity index (χ2n) is 7.31. The van der Waals surface area contributed by atoms with Crippen LogP contribution in [0.3, 0.4) is 0 Å². The van der Waals surface area contributed by atoms with Crippen LogP contribution in [0.5, 0.6) is 5.75 Å². The van der Waals surface area contributed by atoms with Crippen LogP contribution in [-0.2, 0) is 11.2 Å². The third kappa shape index (κ3) is 4.78.